The van der Waals surface area contributed by atoms with Gasteiger partial charge in [0, 0.05) is 17.1 Å². The average molecular weight is 343 g/mol. The number of hydrogen-bond acceptors (Lipinski definition) is 3. The Balaban J connectivity index is 2.31. The van der Waals surface area contributed by atoms with E-state index in [1.165, 1.54) is 0 Å². The Morgan fingerprint density at radius 2 is 1.95 bits per heavy atom. The second kappa shape index (κ2) is 6.04. The first-order valence-electron chi connectivity index (χ1n) is 5.59. The summed E-state index contributed by atoms with van der Waals surface area (Å²) in [6.45, 7) is 0. The predicted octanol–water partition coefficient (Wildman–Crippen LogP) is 3.47. The number of nitrogens with zero attached hydrogens (tertiary/aromatic N) is 2. The number of aromatic carboxylic acids is 1. The van der Waals surface area contributed by atoms with Crippen molar-refractivity contribution in [2.24, 2.45) is 0 Å². The van der Waals surface area contributed by atoms with Crippen LogP contribution in [0.25, 0.3) is 0 Å². The zero-order chi connectivity index (χ0) is 14.7. The number of aromatic nitrogens is 2. The first kappa shape index (κ1) is 14.5. The van der Waals surface area contributed by atoms with Crippen molar-refractivity contribution in [2.75, 3.05) is 0 Å². The molecule has 2 aromatic rings. The number of hydrogen-bond donors (Lipinski definition) is 1. The number of carboxylic acid groups (broad SMARTS) is 1. The number of carbonyl (C=O) groups is 1. The first-order chi connectivity index (χ1) is 9.47. The summed E-state index contributed by atoms with van der Waals surface area (Å²) in [7, 11) is 0. The summed E-state index contributed by atoms with van der Waals surface area (Å²) in [4.78, 5) is 18.3. The van der Waals surface area contributed by atoms with Crippen molar-refractivity contribution in [3.8, 4) is 0 Å². The molecule has 0 aliphatic heterocycles. The van der Waals surface area contributed by atoms with E-state index in [-0.39, 0.29) is 12.2 Å². The molecule has 0 atom stereocenters. The van der Waals surface area contributed by atoms with Gasteiger partial charge in [0.2, 0.25) is 0 Å². The molecular formula is C13H9BrF2N2O2. The van der Waals surface area contributed by atoms with Crippen molar-refractivity contribution < 1.29 is 18.7 Å². The molecule has 0 radical (unpaired) electrons. The third kappa shape index (κ3) is 3.36. The van der Waals surface area contributed by atoms with E-state index >= 15 is 0 Å². The topological polar surface area (TPSA) is 63.1 Å². The van der Waals surface area contributed by atoms with Crippen LogP contribution in [0.5, 0.6) is 0 Å². The van der Waals surface area contributed by atoms with Gasteiger partial charge in [0.15, 0.2) is 0 Å². The van der Waals surface area contributed by atoms with Gasteiger partial charge in [-0.25, -0.2) is 23.5 Å². The van der Waals surface area contributed by atoms with Gasteiger partial charge in [-0.05, 0) is 17.7 Å². The molecule has 0 spiro atoms. The SMILES string of the molecule is O=C(O)c1cnc(Cc2ccc(Br)cc2)nc1C(F)F. The quantitative estimate of drug-likeness (QED) is 0.923. The summed E-state index contributed by atoms with van der Waals surface area (Å²) in [5, 5.41) is 8.81. The predicted molar refractivity (Wildman–Crippen MR) is 70.9 cm³/mol. The van der Waals surface area contributed by atoms with Crippen molar-refractivity contribution in [3.63, 3.8) is 0 Å². The van der Waals surface area contributed by atoms with Gasteiger partial charge in [-0.3, -0.25) is 0 Å². The fraction of sp³-hybridized carbons (Fsp3) is 0.154. The minimum absolute atomic E-state index is 0.160. The van der Waals surface area contributed by atoms with Gasteiger partial charge < -0.3 is 5.11 Å². The Morgan fingerprint density at radius 3 is 2.50 bits per heavy atom. The molecular weight excluding hydrogens is 334 g/mol. The molecule has 20 heavy (non-hydrogen) atoms. The molecule has 0 amide bonds. The van der Waals surface area contributed by atoms with Crippen molar-refractivity contribution in [2.45, 2.75) is 12.8 Å². The van der Waals surface area contributed by atoms with Gasteiger partial charge in [0.1, 0.15) is 17.1 Å². The Bertz CT molecular complexity index is 633. The van der Waals surface area contributed by atoms with Gasteiger partial charge >= 0.3 is 5.97 Å². The standard InChI is InChI=1S/C13H9BrF2N2O2/c14-8-3-1-7(2-4-8)5-10-17-6-9(13(19)20)11(18-10)12(15)16/h1-4,6,12H,5H2,(H,19,20). The number of rotatable bonds is 4. The van der Waals surface area contributed by atoms with Gasteiger partial charge in [0.05, 0.1) is 0 Å². The average Bonchev–Trinajstić information content (AvgIpc) is 2.41. The largest absolute Gasteiger partial charge is 0.478 e. The lowest BCUT2D eigenvalue weighted by molar-refractivity contribution is 0.0681. The molecule has 0 saturated carbocycles. The van der Waals surface area contributed by atoms with Crippen LogP contribution in [0.15, 0.2) is 34.9 Å². The van der Waals surface area contributed by atoms with E-state index in [0.29, 0.717) is 0 Å². The molecule has 1 aromatic carbocycles. The van der Waals surface area contributed by atoms with E-state index in [2.05, 4.69) is 25.9 Å². The molecule has 0 bridgehead atoms. The smallest absolute Gasteiger partial charge is 0.339 e. The highest BCUT2D eigenvalue weighted by atomic mass is 79.9. The van der Waals surface area contributed by atoms with Crippen LogP contribution in [0.1, 0.15) is 33.9 Å². The molecule has 0 unspecified atom stereocenters. The normalized spacial score (nSPS) is 10.8. The molecule has 2 rings (SSSR count). The minimum Gasteiger partial charge on any atom is -0.478 e. The zero-order valence-electron chi connectivity index (χ0n) is 10.1. The highest BCUT2D eigenvalue weighted by molar-refractivity contribution is 9.10. The van der Waals surface area contributed by atoms with Crippen LogP contribution in [0.4, 0.5) is 8.78 Å². The number of carboxylic acids is 1. The maximum Gasteiger partial charge on any atom is 0.339 e. The highest BCUT2D eigenvalue weighted by Crippen LogP contribution is 2.21. The summed E-state index contributed by atoms with van der Waals surface area (Å²) >= 11 is 3.29. The summed E-state index contributed by atoms with van der Waals surface area (Å²) in [6, 6.07) is 7.24. The first-order valence-corrected chi connectivity index (χ1v) is 6.38. The van der Waals surface area contributed by atoms with E-state index in [0.717, 1.165) is 16.2 Å². The third-order valence-electron chi connectivity index (χ3n) is 2.58. The second-order valence-electron chi connectivity index (χ2n) is 3.99. The summed E-state index contributed by atoms with van der Waals surface area (Å²) in [6.07, 6.45) is -1.77. The van der Waals surface area contributed by atoms with E-state index in [9.17, 15) is 13.6 Å². The molecule has 104 valence electrons. The van der Waals surface area contributed by atoms with Gasteiger partial charge in [0.25, 0.3) is 6.43 Å². The zero-order valence-corrected chi connectivity index (χ0v) is 11.6. The van der Waals surface area contributed by atoms with Crippen molar-refractivity contribution in [3.05, 3.63) is 57.6 Å². The Morgan fingerprint density at radius 1 is 1.30 bits per heavy atom. The number of benzene rings is 1. The van der Waals surface area contributed by atoms with E-state index in [1.54, 1.807) is 12.1 Å². The number of alkyl halides is 2. The van der Waals surface area contributed by atoms with Gasteiger partial charge in [-0.1, -0.05) is 28.1 Å². The molecule has 7 heteroatoms. The van der Waals surface area contributed by atoms with E-state index in [1.807, 2.05) is 12.1 Å². The van der Waals surface area contributed by atoms with Crippen LogP contribution >= 0.6 is 15.9 Å². The van der Waals surface area contributed by atoms with Crippen LogP contribution < -0.4 is 0 Å². The third-order valence-corrected chi connectivity index (χ3v) is 3.11. The highest BCUT2D eigenvalue weighted by Gasteiger charge is 2.21. The molecule has 0 saturated heterocycles. The van der Waals surface area contributed by atoms with Crippen molar-refractivity contribution >= 4 is 21.9 Å². The summed E-state index contributed by atoms with van der Waals surface area (Å²) < 4.78 is 26.5. The van der Waals surface area contributed by atoms with Crippen LogP contribution in [0.2, 0.25) is 0 Å². The van der Waals surface area contributed by atoms with Gasteiger partial charge in [-0.15, -0.1) is 0 Å². The second-order valence-corrected chi connectivity index (χ2v) is 4.91. The lowest BCUT2D eigenvalue weighted by atomic mass is 10.1. The van der Waals surface area contributed by atoms with Crippen LogP contribution in [-0.2, 0) is 6.42 Å². The fourth-order valence-electron chi connectivity index (χ4n) is 1.63. The van der Waals surface area contributed by atoms with E-state index < -0.39 is 23.7 Å². The minimum atomic E-state index is -2.95. The van der Waals surface area contributed by atoms with Crippen molar-refractivity contribution in [1.82, 2.24) is 9.97 Å². The molecule has 1 N–H and O–H groups in total. The fourth-order valence-corrected chi connectivity index (χ4v) is 1.90. The van der Waals surface area contributed by atoms with Crippen molar-refractivity contribution in [1.29, 1.82) is 0 Å². The maximum atomic E-state index is 12.8. The Hall–Kier alpha value is -1.89. The molecule has 0 aliphatic rings. The molecule has 0 aliphatic carbocycles. The molecule has 1 heterocycles. The molecule has 1 aromatic heterocycles. The lowest BCUT2D eigenvalue weighted by Crippen LogP contribution is -2.09. The summed E-state index contributed by atoms with van der Waals surface area (Å²) in [5.74, 6) is -1.30. The number of halogens is 3. The lowest BCUT2D eigenvalue weighted by Gasteiger charge is -2.06. The summed E-state index contributed by atoms with van der Waals surface area (Å²) in [5.41, 5.74) is -0.476. The Labute approximate surface area is 121 Å². The monoisotopic (exact) mass is 342 g/mol. The molecule has 0 fully saturated rings. The van der Waals surface area contributed by atoms with Crippen LogP contribution in [0, 0.1) is 0 Å². The van der Waals surface area contributed by atoms with Gasteiger partial charge in [-0.2, -0.15) is 0 Å². The van der Waals surface area contributed by atoms with E-state index in [4.69, 9.17) is 5.11 Å². The van der Waals surface area contributed by atoms with Crippen LogP contribution in [-0.4, -0.2) is 21.0 Å². The maximum absolute atomic E-state index is 12.8. The Kier molecular flexibility index (Phi) is 4.39. The van der Waals surface area contributed by atoms with Crippen LogP contribution in [0.3, 0.4) is 0 Å². The molecule has 4 nitrogen and oxygen atoms in total.